The summed E-state index contributed by atoms with van der Waals surface area (Å²) in [7, 11) is -0.160. The number of sulfone groups is 1. The van der Waals surface area contributed by atoms with Gasteiger partial charge >= 0.3 is 5.97 Å². The molecule has 1 aliphatic carbocycles. The van der Waals surface area contributed by atoms with E-state index in [0.717, 1.165) is 0 Å². The standard InChI is InChI=1S/C11H15NO4S/c1-11(10(13)16-3)5-4-9-8(6-11)12(2)7-17(9,14)15/h4-5H,6-7H2,1-3H3. The average Bonchev–Trinajstić information content (AvgIpc) is 2.47. The van der Waals surface area contributed by atoms with Crippen molar-refractivity contribution in [1.29, 1.82) is 0 Å². The van der Waals surface area contributed by atoms with Crippen LogP contribution < -0.4 is 0 Å². The molecule has 1 heterocycles. The molecule has 0 fully saturated rings. The van der Waals surface area contributed by atoms with Crippen molar-refractivity contribution >= 4 is 15.8 Å². The Morgan fingerprint density at radius 2 is 2.18 bits per heavy atom. The van der Waals surface area contributed by atoms with E-state index >= 15 is 0 Å². The van der Waals surface area contributed by atoms with E-state index in [2.05, 4.69) is 0 Å². The van der Waals surface area contributed by atoms with Gasteiger partial charge in [0.2, 0.25) is 0 Å². The molecule has 0 saturated heterocycles. The Kier molecular flexibility index (Phi) is 2.57. The van der Waals surface area contributed by atoms with E-state index in [1.165, 1.54) is 13.2 Å². The Labute approximate surface area is 101 Å². The molecule has 17 heavy (non-hydrogen) atoms. The third kappa shape index (κ3) is 1.76. The number of allylic oxidation sites excluding steroid dienone is 2. The van der Waals surface area contributed by atoms with Crippen LogP contribution in [0.5, 0.6) is 0 Å². The van der Waals surface area contributed by atoms with Gasteiger partial charge in [0.1, 0.15) is 5.88 Å². The smallest absolute Gasteiger partial charge is 0.315 e. The number of carbonyl (C=O) groups is 1. The second-order valence-electron chi connectivity index (χ2n) is 4.67. The van der Waals surface area contributed by atoms with Gasteiger partial charge in [0.15, 0.2) is 9.84 Å². The summed E-state index contributed by atoms with van der Waals surface area (Å²) in [5.41, 5.74) is -0.0813. The first-order chi connectivity index (χ1) is 7.80. The van der Waals surface area contributed by atoms with Gasteiger partial charge in [0.05, 0.1) is 17.4 Å². The summed E-state index contributed by atoms with van der Waals surface area (Å²) in [5.74, 6) is -0.364. The Hall–Kier alpha value is -1.30. The van der Waals surface area contributed by atoms with Crippen LogP contribution in [0.25, 0.3) is 0 Å². The molecule has 1 atom stereocenters. The van der Waals surface area contributed by atoms with Crippen molar-refractivity contribution < 1.29 is 17.9 Å². The number of hydrogen-bond acceptors (Lipinski definition) is 5. The molecular formula is C11H15NO4S. The highest BCUT2D eigenvalue weighted by atomic mass is 32.2. The number of hydrogen-bond donors (Lipinski definition) is 0. The molecule has 0 aromatic carbocycles. The minimum atomic E-state index is -3.21. The van der Waals surface area contributed by atoms with Crippen molar-refractivity contribution in [2.75, 3.05) is 20.0 Å². The topological polar surface area (TPSA) is 63.7 Å². The van der Waals surface area contributed by atoms with Gasteiger partial charge in [-0.3, -0.25) is 4.79 Å². The molecule has 6 heteroatoms. The van der Waals surface area contributed by atoms with E-state index in [1.54, 1.807) is 24.9 Å². The number of esters is 1. The highest BCUT2D eigenvalue weighted by Crippen LogP contribution is 2.41. The third-order valence-corrected chi connectivity index (χ3v) is 5.00. The zero-order valence-corrected chi connectivity index (χ0v) is 10.9. The maximum atomic E-state index is 11.8. The quantitative estimate of drug-likeness (QED) is 0.646. The van der Waals surface area contributed by atoms with Crippen molar-refractivity contribution in [2.45, 2.75) is 13.3 Å². The number of rotatable bonds is 1. The van der Waals surface area contributed by atoms with Gasteiger partial charge in [0.25, 0.3) is 0 Å². The molecule has 0 radical (unpaired) electrons. The zero-order valence-electron chi connectivity index (χ0n) is 10.1. The van der Waals surface area contributed by atoms with Crippen LogP contribution in [0.1, 0.15) is 13.3 Å². The largest absolute Gasteiger partial charge is 0.468 e. The third-order valence-electron chi connectivity index (χ3n) is 3.23. The highest BCUT2D eigenvalue weighted by Gasteiger charge is 2.42. The molecular weight excluding hydrogens is 242 g/mol. The van der Waals surface area contributed by atoms with Crippen molar-refractivity contribution in [3.63, 3.8) is 0 Å². The van der Waals surface area contributed by atoms with Gasteiger partial charge in [-0.1, -0.05) is 6.08 Å². The molecule has 2 rings (SSSR count). The maximum absolute atomic E-state index is 11.8. The molecule has 1 aliphatic heterocycles. The Morgan fingerprint density at radius 3 is 2.76 bits per heavy atom. The lowest BCUT2D eigenvalue weighted by Gasteiger charge is -2.28. The lowest BCUT2D eigenvalue weighted by Crippen LogP contribution is -2.31. The Bertz CT molecular complexity index is 532. The second kappa shape index (κ2) is 3.60. The van der Waals surface area contributed by atoms with E-state index in [9.17, 15) is 13.2 Å². The van der Waals surface area contributed by atoms with Crippen LogP contribution in [0.2, 0.25) is 0 Å². The number of carbonyl (C=O) groups excluding carboxylic acids is 1. The Morgan fingerprint density at radius 1 is 1.53 bits per heavy atom. The van der Waals surface area contributed by atoms with Crippen LogP contribution >= 0.6 is 0 Å². The molecule has 5 nitrogen and oxygen atoms in total. The van der Waals surface area contributed by atoms with Gasteiger partial charge in [-0.15, -0.1) is 0 Å². The molecule has 0 saturated carbocycles. The number of ether oxygens (including phenoxy) is 1. The normalized spacial score (nSPS) is 30.4. The first-order valence-electron chi connectivity index (χ1n) is 5.25. The van der Waals surface area contributed by atoms with E-state index in [4.69, 9.17) is 4.74 Å². The van der Waals surface area contributed by atoms with Gasteiger partial charge in [-0.05, 0) is 13.0 Å². The summed E-state index contributed by atoms with van der Waals surface area (Å²) in [6.45, 7) is 1.75. The van der Waals surface area contributed by atoms with Gasteiger partial charge in [0, 0.05) is 19.2 Å². The van der Waals surface area contributed by atoms with Crippen molar-refractivity contribution in [2.24, 2.45) is 5.41 Å². The number of methoxy groups -OCH3 is 1. The molecule has 0 bridgehead atoms. The van der Waals surface area contributed by atoms with E-state index in [0.29, 0.717) is 17.0 Å². The number of nitrogens with zero attached hydrogens (tertiary/aromatic N) is 1. The van der Waals surface area contributed by atoms with Crippen LogP contribution in [0.4, 0.5) is 0 Å². The first kappa shape index (κ1) is 12.2. The monoisotopic (exact) mass is 257 g/mol. The maximum Gasteiger partial charge on any atom is 0.315 e. The average molecular weight is 257 g/mol. The van der Waals surface area contributed by atoms with Gasteiger partial charge < -0.3 is 9.64 Å². The fraction of sp³-hybridized carbons (Fsp3) is 0.545. The highest BCUT2D eigenvalue weighted by molar-refractivity contribution is 7.95. The van der Waals surface area contributed by atoms with E-state index in [1.807, 2.05) is 0 Å². The van der Waals surface area contributed by atoms with E-state index < -0.39 is 15.3 Å². The summed E-state index contributed by atoms with van der Waals surface area (Å²) in [4.78, 5) is 13.7. The van der Waals surface area contributed by atoms with Gasteiger partial charge in [-0.25, -0.2) is 8.42 Å². The summed E-state index contributed by atoms with van der Waals surface area (Å²) in [5, 5.41) is 0. The first-order valence-corrected chi connectivity index (χ1v) is 6.90. The van der Waals surface area contributed by atoms with Crippen LogP contribution in [0.15, 0.2) is 22.8 Å². The zero-order chi connectivity index (χ0) is 12.8. The molecule has 1 unspecified atom stereocenters. The summed E-state index contributed by atoms with van der Waals surface area (Å²) in [6, 6.07) is 0. The lowest BCUT2D eigenvalue weighted by molar-refractivity contribution is -0.149. The van der Waals surface area contributed by atoms with Crippen LogP contribution in [-0.4, -0.2) is 39.3 Å². The Balaban J connectivity index is 2.42. The summed E-state index contributed by atoms with van der Waals surface area (Å²) >= 11 is 0. The molecule has 0 spiro atoms. The van der Waals surface area contributed by atoms with Crippen molar-refractivity contribution in [3.8, 4) is 0 Å². The second-order valence-corrected chi connectivity index (χ2v) is 6.60. The van der Waals surface area contributed by atoms with E-state index in [-0.39, 0.29) is 11.8 Å². The fourth-order valence-corrected chi connectivity index (χ4v) is 3.90. The SMILES string of the molecule is COC(=O)C1(C)C=CC2=C(C1)N(C)CS2(=O)=O. The van der Waals surface area contributed by atoms with Gasteiger partial charge in [-0.2, -0.15) is 0 Å². The molecule has 0 aromatic rings. The van der Waals surface area contributed by atoms with Crippen molar-refractivity contribution in [3.05, 3.63) is 22.8 Å². The predicted octanol–water partition coefficient (Wildman–Crippen LogP) is 0.655. The predicted molar refractivity (Wildman–Crippen MR) is 62.5 cm³/mol. The lowest BCUT2D eigenvalue weighted by atomic mass is 9.82. The molecule has 0 amide bonds. The summed E-state index contributed by atoms with van der Waals surface area (Å²) < 4.78 is 28.3. The molecule has 2 aliphatic rings. The van der Waals surface area contributed by atoms with Crippen molar-refractivity contribution in [1.82, 2.24) is 4.90 Å². The van der Waals surface area contributed by atoms with Crippen LogP contribution in [0, 0.1) is 5.41 Å². The van der Waals surface area contributed by atoms with Crippen LogP contribution in [0.3, 0.4) is 0 Å². The molecule has 94 valence electrons. The fourth-order valence-electron chi connectivity index (χ4n) is 2.23. The minimum Gasteiger partial charge on any atom is -0.468 e. The van der Waals surface area contributed by atoms with Crippen LogP contribution in [-0.2, 0) is 19.4 Å². The molecule has 0 N–H and O–H groups in total. The molecule has 0 aromatic heterocycles. The minimum absolute atomic E-state index is 0.0146. The summed E-state index contributed by atoms with van der Waals surface area (Å²) in [6.07, 6.45) is 3.50.